The zero-order chi connectivity index (χ0) is 17.8. The summed E-state index contributed by atoms with van der Waals surface area (Å²) in [6.45, 7) is 4.18. The molecule has 1 fully saturated rings. The van der Waals surface area contributed by atoms with Crippen LogP contribution < -0.4 is 10.2 Å². The number of nitrogens with zero attached hydrogens (tertiary/aromatic N) is 4. The number of carbonyl (C=O) groups is 1. The number of halogens is 1. The van der Waals surface area contributed by atoms with Crippen LogP contribution in [-0.4, -0.2) is 41.3 Å². The number of ether oxygens (including phenoxy) is 1. The fourth-order valence-electron chi connectivity index (χ4n) is 2.72. The molecule has 1 aliphatic rings. The largest absolute Gasteiger partial charge is 0.465 e. The van der Waals surface area contributed by atoms with Crippen LogP contribution in [0.1, 0.15) is 30.1 Å². The van der Waals surface area contributed by atoms with Gasteiger partial charge in [-0.15, -0.1) is 5.10 Å². The van der Waals surface area contributed by atoms with Gasteiger partial charge in [-0.25, -0.2) is 4.79 Å². The van der Waals surface area contributed by atoms with E-state index in [1.165, 1.54) is 7.11 Å². The summed E-state index contributed by atoms with van der Waals surface area (Å²) in [6.07, 6.45) is 3.94. The minimum absolute atomic E-state index is 0.333. The monoisotopic (exact) mass is 361 g/mol. The molecule has 132 valence electrons. The van der Waals surface area contributed by atoms with Crippen LogP contribution in [0.5, 0.6) is 0 Å². The Morgan fingerprint density at radius 1 is 1.36 bits per heavy atom. The van der Waals surface area contributed by atoms with Crippen molar-refractivity contribution in [3.8, 4) is 0 Å². The van der Waals surface area contributed by atoms with Crippen LogP contribution in [0.25, 0.3) is 0 Å². The molecule has 7 nitrogen and oxygen atoms in total. The molecule has 0 atom stereocenters. The average molecular weight is 362 g/mol. The van der Waals surface area contributed by atoms with Gasteiger partial charge in [0.25, 0.3) is 0 Å². The third-order valence-electron chi connectivity index (χ3n) is 4.29. The molecule has 0 radical (unpaired) electrons. The quantitative estimate of drug-likeness (QED) is 0.837. The van der Waals surface area contributed by atoms with Crippen LogP contribution in [-0.2, 0) is 4.74 Å². The maximum atomic E-state index is 11.7. The predicted molar refractivity (Wildman–Crippen MR) is 96.5 cm³/mol. The Balaban J connectivity index is 1.79. The number of hydrogen-bond acceptors (Lipinski definition) is 7. The Labute approximate surface area is 151 Å². The summed E-state index contributed by atoms with van der Waals surface area (Å²) in [5.41, 5.74) is 0.916. The number of rotatable bonds is 4. The second kappa shape index (κ2) is 7.65. The number of methoxy groups -OCH3 is 1. The van der Waals surface area contributed by atoms with Crippen molar-refractivity contribution in [2.45, 2.75) is 19.8 Å². The van der Waals surface area contributed by atoms with Crippen LogP contribution in [0.3, 0.4) is 0 Å². The SMILES string of the molecule is COC(=O)c1ccc(Cl)c(Nc2nncc(N3CCC(C)CC3)n2)c1. The lowest BCUT2D eigenvalue weighted by molar-refractivity contribution is 0.0601. The molecule has 2 aromatic rings. The van der Waals surface area contributed by atoms with Gasteiger partial charge in [0.1, 0.15) is 0 Å². The summed E-state index contributed by atoms with van der Waals surface area (Å²) in [6, 6.07) is 4.83. The van der Waals surface area contributed by atoms with E-state index >= 15 is 0 Å². The number of carbonyl (C=O) groups excluding carboxylic acids is 1. The minimum atomic E-state index is -0.435. The van der Waals surface area contributed by atoms with Crippen molar-refractivity contribution < 1.29 is 9.53 Å². The van der Waals surface area contributed by atoms with E-state index in [2.05, 4.69) is 32.3 Å². The number of hydrogen-bond donors (Lipinski definition) is 1. The molecule has 1 aromatic carbocycles. The first-order valence-corrected chi connectivity index (χ1v) is 8.54. The molecule has 8 heteroatoms. The topological polar surface area (TPSA) is 80.2 Å². The first-order chi connectivity index (χ1) is 12.1. The summed E-state index contributed by atoms with van der Waals surface area (Å²) in [4.78, 5) is 18.4. The number of esters is 1. The zero-order valence-electron chi connectivity index (χ0n) is 14.2. The second-order valence-electron chi connectivity index (χ2n) is 6.12. The predicted octanol–water partition coefficient (Wildman–Crippen LogP) is 3.29. The van der Waals surface area contributed by atoms with Gasteiger partial charge in [0.05, 0.1) is 29.6 Å². The van der Waals surface area contributed by atoms with Gasteiger partial charge < -0.3 is 15.0 Å². The number of aromatic nitrogens is 3. The van der Waals surface area contributed by atoms with Crippen LogP contribution in [0.4, 0.5) is 17.5 Å². The molecule has 2 heterocycles. The molecule has 0 bridgehead atoms. The first kappa shape index (κ1) is 17.4. The maximum Gasteiger partial charge on any atom is 0.337 e. The lowest BCUT2D eigenvalue weighted by Crippen LogP contribution is -2.33. The third kappa shape index (κ3) is 4.17. The van der Waals surface area contributed by atoms with Gasteiger partial charge in [0.2, 0.25) is 5.95 Å². The molecular weight excluding hydrogens is 342 g/mol. The van der Waals surface area contributed by atoms with Crippen LogP contribution in [0.2, 0.25) is 5.02 Å². The molecule has 1 N–H and O–H groups in total. The second-order valence-corrected chi connectivity index (χ2v) is 6.53. The van der Waals surface area contributed by atoms with Crippen molar-refractivity contribution in [1.82, 2.24) is 15.2 Å². The minimum Gasteiger partial charge on any atom is -0.465 e. The Morgan fingerprint density at radius 3 is 2.84 bits per heavy atom. The van der Waals surface area contributed by atoms with E-state index in [1.807, 2.05) is 0 Å². The highest BCUT2D eigenvalue weighted by atomic mass is 35.5. The standard InChI is InChI=1S/C17H20ClN5O2/c1-11-5-7-23(8-6-11)15-10-19-22-17(21-15)20-14-9-12(16(24)25-2)3-4-13(14)18/h3-4,9-11H,5-8H2,1-2H3,(H,20,21,22). The Kier molecular flexibility index (Phi) is 5.33. The van der Waals surface area contributed by atoms with Gasteiger partial charge in [-0.2, -0.15) is 10.1 Å². The van der Waals surface area contributed by atoms with Gasteiger partial charge >= 0.3 is 5.97 Å². The van der Waals surface area contributed by atoms with E-state index in [0.29, 0.717) is 22.2 Å². The third-order valence-corrected chi connectivity index (χ3v) is 4.62. The van der Waals surface area contributed by atoms with Gasteiger partial charge in [0.15, 0.2) is 5.82 Å². The summed E-state index contributed by atoms with van der Waals surface area (Å²) >= 11 is 6.20. The Morgan fingerprint density at radius 2 is 2.12 bits per heavy atom. The first-order valence-electron chi connectivity index (χ1n) is 8.16. The van der Waals surface area contributed by atoms with Crippen molar-refractivity contribution in [2.75, 3.05) is 30.4 Å². The maximum absolute atomic E-state index is 11.7. The number of anilines is 3. The molecular formula is C17H20ClN5O2. The molecule has 0 spiro atoms. The molecule has 3 rings (SSSR count). The normalized spacial score (nSPS) is 15.1. The number of benzene rings is 1. The van der Waals surface area contributed by atoms with E-state index in [0.717, 1.165) is 37.7 Å². The van der Waals surface area contributed by atoms with Gasteiger partial charge in [0, 0.05) is 13.1 Å². The smallest absolute Gasteiger partial charge is 0.337 e. The lowest BCUT2D eigenvalue weighted by atomic mass is 9.99. The van der Waals surface area contributed by atoms with Gasteiger partial charge in [-0.05, 0) is 37.0 Å². The summed E-state index contributed by atoms with van der Waals surface area (Å²) in [5, 5.41) is 11.5. The van der Waals surface area contributed by atoms with E-state index in [9.17, 15) is 4.79 Å². The molecule has 0 aliphatic carbocycles. The molecule has 0 saturated carbocycles. The summed E-state index contributed by atoms with van der Waals surface area (Å²) < 4.78 is 4.73. The van der Waals surface area contributed by atoms with E-state index < -0.39 is 5.97 Å². The molecule has 1 aliphatic heterocycles. The fraction of sp³-hybridized carbons (Fsp3) is 0.412. The Hall–Kier alpha value is -2.41. The summed E-state index contributed by atoms with van der Waals surface area (Å²) in [7, 11) is 1.33. The number of piperidine rings is 1. The van der Waals surface area contributed by atoms with Crippen LogP contribution in [0, 0.1) is 5.92 Å². The van der Waals surface area contributed by atoms with Gasteiger partial charge in [-0.1, -0.05) is 18.5 Å². The molecule has 25 heavy (non-hydrogen) atoms. The molecule has 0 unspecified atom stereocenters. The van der Waals surface area contributed by atoms with Crippen molar-refractivity contribution in [3.63, 3.8) is 0 Å². The van der Waals surface area contributed by atoms with E-state index in [4.69, 9.17) is 16.3 Å². The highest BCUT2D eigenvalue weighted by Gasteiger charge is 2.18. The highest BCUT2D eigenvalue weighted by Crippen LogP contribution is 2.27. The van der Waals surface area contributed by atoms with Crippen molar-refractivity contribution in [2.24, 2.45) is 5.92 Å². The lowest BCUT2D eigenvalue weighted by Gasteiger charge is -2.30. The Bertz CT molecular complexity index is 762. The molecule has 0 amide bonds. The molecule has 1 aromatic heterocycles. The van der Waals surface area contributed by atoms with Crippen LogP contribution in [0.15, 0.2) is 24.4 Å². The number of nitrogens with one attached hydrogen (secondary N) is 1. The average Bonchev–Trinajstić information content (AvgIpc) is 2.64. The van der Waals surface area contributed by atoms with Crippen molar-refractivity contribution in [3.05, 3.63) is 35.0 Å². The summed E-state index contributed by atoms with van der Waals surface area (Å²) in [5.74, 6) is 1.42. The van der Waals surface area contributed by atoms with Crippen molar-refractivity contribution >= 4 is 35.0 Å². The zero-order valence-corrected chi connectivity index (χ0v) is 15.0. The van der Waals surface area contributed by atoms with Crippen LogP contribution >= 0.6 is 11.6 Å². The van der Waals surface area contributed by atoms with E-state index in [1.54, 1.807) is 24.4 Å². The van der Waals surface area contributed by atoms with Crippen molar-refractivity contribution in [1.29, 1.82) is 0 Å². The molecule has 1 saturated heterocycles. The highest BCUT2D eigenvalue weighted by molar-refractivity contribution is 6.33. The van der Waals surface area contributed by atoms with Gasteiger partial charge in [-0.3, -0.25) is 0 Å². The van der Waals surface area contributed by atoms with E-state index in [-0.39, 0.29) is 0 Å². The fourth-order valence-corrected chi connectivity index (χ4v) is 2.89.